The molecule has 1 fully saturated rings. The summed E-state index contributed by atoms with van der Waals surface area (Å²) >= 11 is 0. The van der Waals surface area contributed by atoms with Gasteiger partial charge in [0.2, 0.25) is 17.9 Å². The van der Waals surface area contributed by atoms with Crippen molar-refractivity contribution in [1.82, 2.24) is 34.3 Å². The van der Waals surface area contributed by atoms with E-state index in [1.807, 2.05) is 30.9 Å². The molecule has 1 unspecified atom stereocenters. The molecule has 1 aromatic carbocycles. The van der Waals surface area contributed by atoms with Gasteiger partial charge in [-0.2, -0.15) is 15.0 Å². The van der Waals surface area contributed by atoms with Crippen LogP contribution < -0.4 is 10.6 Å². The minimum absolute atomic E-state index is 0.0132. The normalized spacial score (nSPS) is 19.8. The van der Waals surface area contributed by atoms with Crippen molar-refractivity contribution >= 4 is 29.2 Å². The Morgan fingerprint density at radius 1 is 1.03 bits per heavy atom. The molecule has 0 aliphatic carbocycles. The SMILES string of the molecule is CN(C)CCCN(C)C1=NCC(N)(c2nc(N3CCOCC3)nc(-n3c(C(F)F)nc4ccccc43)n2)C=N1. The van der Waals surface area contributed by atoms with Crippen LogP contribution in [0.1, 0.15) is 24.5 Å². The third-order valence-electron chi connectivity index (χ3n) is 6.64. The highest BCUT2D eigenvalue weighted by Crippen LogP contribution is 2.28. The Bertz CT molecular complexity index is 1370. The number of nitrogens with zero attached hydrogens (tertiary/aromatic N) is 10. The highest BCUT2D eigenvalue weighted by atomic mass is 19.3. The molecule has 3 aromatic rings. The summed E-state index contributed by atoms with van der Waals surface area (Å²) in [6, 6.07) is 6.87. The lowest BCUT2D eigenvalue weighted by molar-refractivity contribution is 0.122. The molecule has 39 heavy (non-hydrogen) atoms. The van der Waals surface area contributed by atoms with Gasteiger partial charge in [0.15, 0.2) is 11.6 Å². The van der Waals surface area contributed by atoms with Gasteiger partial charge >= 0.3 is 0 Å². The number of rotatable bonds is 8. The van der Waals surface area contributed by atoms with Crippen molar-refractivity contribution in [1.29, 1.82) is 0 Å². The van der Waals surface area contributed by atoms with Crippen LogP contribution in [0, 0.1) is 0 Å². The summed E-state index contributed by atoms with van der Waals surface area (Å²) in [7, 11) is 6.00. The predicted molar refractivity (Wildman–Crippen MR) is 145 cm³/mol. The Kier molecular flexibility index (Phi) is 7.77. The summed E-state index contributed by atoms with van der Waals surface area (Å²) in [6.45, 7) is 3.95. The van der Waals surface area contributed by atoms with Crippen LogP contribution in [0.4, 0.5) is 14.7 Å². The Morgan fingerprint density at radius 3 is 2.46 bits per heavy atom. The van der Waals surface area contributed by atoms with Gasteiger partial charge in [-0.1, -0.05) is 12.1 Å². The van der Waals surface area contributed by atoms with Gasteiger partial charge in [0.25, 0.3) is 6.43 Å². The first-order valence-electron chi connectivity index (χ1n) is 12.8. The average molecular weight is 542 g/mol. The number of ether oxygens (including phenoxy) is 1. The molecule has 2 aliphatic heterocycles. The molecule has 1 saturated heterocycles. The molecule has 14 heteroatoms. The topological polar surface area (TPSA) is 126 Å². The van der Waals surface area contributed by atoms with Crippen LogP contribution in [-0.2, 0) is 10.3 Å². The summed E-state index contributed by atoms with van der Waals surface area (Å²) in [5, 5.41) is 0. The Balaban J connectivity index is 1.53. The van der Waals surface area contributed by atoms with E-state index in [-0.39, 0.29) is 18.3 Å². The number of nitrogens with two attached hydrogens (primary N) is 1. The zero-order chi connectivity index (χ0) is 27.6. The molecule has 0 amide bonds. The summed E-state index contributed by atoms with van der Waals surface area (Å²) in [4.78, 5) is 33.2. The van der Waals surface area contributed by atoms with Crippen LogP contribution in [0.5, 0.6) is 0 Å². The second kappa shape index (κ2) is 11.2. The Labute approximate surface area is 225 Å². The maximum absolute atomic E-state index is 14.1. The molecule has 4 heterocycles. The number of halogens is 2. The van der Waals surface area contributed by atoms with Gasteiger partial charge in [-0.25, -0.2) is 23.7 Å². The molecule has 0 saturated carbocycles. The van der Waals surface area contributed by atoms with Crippen LogP contribution in [0.2, 0.25) is 0 Å². The fraction of sp³-hybridized carbons (Fsp3) is 0.520. The van der Waals surface area contributed by atoms with Crippen LogP contribution in [0.3, 0.4) is 0 Å². The number of hydrogen-bond donors (Lipinski definition) is 1. The smallest absolute Gasteiger partial charge is 0.296 e. The van der Waals surface area contributed by atoms with E-state index in [4.69, 9.17) is 10.5 Å². The number of guanidine groups is 1. The number of anilines is 1. The van der Waals surface area contributed by atoms with E-state index >= 15 is 0 Å². The van der Waals surface area contributed by atoms with Gasteiger partial charge in [-0.3, -0.25) is 4.57 Å². The van der Waals surface area contributed by atoms with E-state index in [9.17, 15) is 8.78 Å². The number of fused-ring (bicyclic) bond motifs is 1. The third-order valence-corrected chi connectivity index (χ3v) is 6.64. The van der Waals surface area contributed by atoms with Gasteiger partial charge in [0.1, 0.15) is 5.54 Å². The van der Waals surface area contributed by atoms with Gasteiger partial charge in [-0.05, 0) is 39.2 Å². The fourth-order valence-electron chi connectivity index (χ4n) is 4.50. The predicted octanol–water partition coefficient (Wildman–Crippen LogP) is 1.46. The first-order valence-corrected chi connectivity index (χ1v) is 12.8. The fourth-order valence-corrected chi connectivity index (χ4v) is 4.50. The molecular formula is C25H33F2N11O. The molecule has 2 N–H and O–H groups in total. The number of hydrogen-bond acceptors (Lipinski definition) is 11. The van der Waals surface area contributed by atoms with Crippen LogP contribution in [0.15, 0.2) is 34.3 Å². The largest absolute Gasteiger partial charge is 0.378 e. The van der Waals surface area contributed by atoms with E-state index in [0.717, 1.165) is 19.5 Å². The monoisotopic (exact) mass is 541 g/mol. The molecule has 1 atom stereocenters. The number of benzene rings is 1. The summed E-state index contributed by atoms with van der Waals surface area (Å²) in [5.74, 6) is 0.639. The van der Waals surface area contributed by atoms with Gasteiger partial charge < -0.3 is 25.2 Å². The van der Waals surface area contributed by atoms with Crippen LogP contribution in [0.25, 0.3) is 17.0 Å². The lowest BCUT2D eigenvalue weighted by Crippen LogP contribution is -2.48. The van der Waals surface area contributed by atoms with Crippen molar-refractivity contribution < 1.29 is 13.5 Å². The standard InChI is InChI=1S/C25H33F2N11O/c1-35(2)9-6-10-36(3)22-29-15-25(28,16-30-22)21-32-23(37-11-13-39-14-12-37)34-24(33-21)38-18-8-5-4-7-17(18)31-20(38)19(26)27/h4-5,7-8,15,19H,6,9-14,16,28H2,1-3H3. The zero-order valence-electron chi connectivity index (χ0n) is 22.3. The van der Waals surface area contributed by atoms with Crippen molar-refractivity contribution in [3.63, 3.8) is 0 Å². The molecule has 0 spiro atoms. The van der Waals surface area contributed by atoms with Gasteiger partial charge in [-0.15, -0.1) is 0 Å². The number of para-hydroxylation sites is 2. The maximum Gasteiger partial charge on any atom is 0.296 e. The molecule has 5 rings (SSSR count). The molecule has 2 aliphatic rings. The number of alkyl halides is 2. The van der Waals surface area contributed by atoms with E-state index in [2.05, 4.69) is 34.8 Å². The number of imidazole rings is 1. The maximum atomic E-state index is 14.1. The minimum Gasteiger partial charge on any atom is -0.378 e. The molecule has 208 valence electrons. The molecule has 12 nitrogen and oxygen atoms in total. The summed E-state index contributed by atoms with van der Waals surface area (Å²) in [6.07, 6.45) is -0.306. The van der Waals surface area contributed by atoms with Crippen LogP contribution >= 0.6 is 0 Å². The quantitative estimate of drug-likeness (QED) is 0.451. The Hall–Kier alpha value is -3.62. The van der Waals surface area contributed by atoms with E-state index < -0.39 is 17.8 Å². The second-order valence-electron chi connectivity index (χ2n) is 9.95. The van der Waals surface area contributed by atoms with Crippen molar-refractivity contribution in [2.75, 3.05) is 72.0 Å². The lowest BCUT2D eigenvalue weighted by Gasteiger charge is -2.30. The minimum atomic E-state index is -2.84. The van der Waals surface area contributed by atoms with Crippen molar-refractivity contribution in [2.45, 2.75) is 18.4 Å². The zero-order valence-corrected chi connectivity index (χ0v) is 22.3. The molecule has 2 aromatic heterocycles. The van der Waals surface area contributed by atoms with Gasteiger partial charge in [0, 0.05) is 32.9 Å². The van der Waals surface area contributed by atoms with E-state index in [1.54, 1.807) is 30.5 Å². The van der Waals surface area contributed by atoms with Crippen molar-refractivity contribution in [2.24, 2.45) is 15.7 Å². The third kappa shape index (κ3) is 5.72. The van der Waals surface area contributed by atoms with Gasteiger partial charge in [0.05, 0.1) is 30.8 Å². The second-order valence-corrected chi connectivity index (χ2v) is 9.95. The van der Waals surface area contributed by atoms with Crippen LogP contribution in [-0.4, -0.2) is 114 Å². The van der Waals surface area contributed by atoms with Crippen molar-refractivity contribution in [3.8, 4) is 5.95 Å². The molecule has 0 radical (unpaired) electrons. The number of aromatic nitrogens is 5. The van der Waals surface area contributed by atoms with Crippen molar-refractivity contribution in [3.05, 3.63) is 35.9 Å². The number of morpholine rings is 1. The van der Waals surface area contributed by atoms with E-state index in [0.29, 0.717) is 49.2 Å². The molecular weight excluding hydrogens is 508 g/mol. The average Bonchev–Trinajstić information content (AvgIpc) is 3.34. The number of aliphatic imine (C=N–C) groups is 2. The highest BCUT2D eigenvalue weighted by molar-refractivity contribution is 5.92. The highest BCUT2D eigenvalue weighted by Gasteiger charge is 2.35. The molecule has 0 bridgehead atoms. The van der Waals surface area contributed by atoms with E-state index in [1.165, 1.54) is 4.57 Å². The first-order chi connectivity index (χ1) is 18.7. The first kappa shape index (κ1) is 27.0. The summed E-state index contributed by atoms with van der Waals surface area (Å²) in [5.41, 5.74) is 6.38. The Morgan fingerprint density at radius 2 is 1.77 bits per heavy atom. The summed E-state index contributed by atoms with van der Waals surface area (Å²) < 4.78 is 35.0. The lowest BCUT2D eigenvalue weighted by atomic mass is 10.0.